The quantitative estimate of drug-likeness (QED) is 0.623. The summed E-state index contributed by atoms with van der Waals surface area (Å²) in [5.41, 5.74) is 3.02. The van der Waals surface area contributed by atoms with Crippen LogP contribution in [0.1, 0.15) is 6.42 Å². The molecular weight excluding hydrogens is 310 g/mol. The maximum atomic E-state index is 11.8. The summed E-state index contributed by atoms with van der Waals surface area (Å²) in [6, 6.07) is 17.8. The maximum absolute atomic E-state index is 11.8. The lowest BCUT2D eigenvalue weighted by atomic mass is 10.1. The summed E-state index contributed by atoms with van der Waals surface area (Å²) >= 11 is 1.41. The van der Waals surface area contributed by atoms with Gasteiger partial charge >= 0.3 is 5.97 Å². The van der Waals surface area contributed by atoms with Gasteiger partial charge in [0, 0.05) is 11.4 Å². The first kappa shape index (κ1) is 17.1. The van der Waals surface area contributed by atoms with Crippen LogP contribution in [-0.2, 0) is 14.3 Å². The lowest BCUT2D eigenvalue weighted by Gasteiger charge is -2.07. The van der Waals surface area contributed by atoms with Crippen molar-refractivity contribution in [2.75, 3.05) is 23.9 Å². The third-order valence-electron chi connectivity index (χ3n) is 3.19. The predicted molar refractivity (Wildman–Crippen MR) is 94.5 cm³/mol. The zero-order valence-electron chi connectivity index (χ0n) is 13.0. The molecule has 2 aromatic carbocycles. The monoisotopic (exact) mass is 329 g/mol. The Morgan fingerprint density at radius 2 is 1.65 bits per heavy atom. The van der Waals surface area contributed by atoms with Crippen LogP contribution >= 0.6 is 11.8 Å². The summed E-state index contributed by atoms with van der Waals surface area (Å²) in [6.45, 7) is 0. The molecule has 23 heavy (non-hydrogen) atoms. The Balaban J connectivity index is 1.79. The Hall–Kier alpha value is -2.27. The molecule has 2 rings (SSSR count). The highest BCUT2D eigenvalue weighted by atomic mass is 32.2. The van der Waals surface area contributed by atoms with Crippen LogP contribution in [0.25, 0.3) is 11.1 Å². The van der Waals surface area contributed by atoms with E-state index < -0.39 is 0 Å². The van der Waals surface area contributed by atoms with Crippen molar-refractivity contribution < 1.29 is 14.3 Å². The van der Waals surface area contributed by atoms with Gasteiger partial charge in [-0.2, -0.15) is 11.8 Å². The minimum absolute atomic E-state index is 0.0765. The fourth-order valence-corrected chi connectivity index (χ4v) is 2.71. The van der Waals surface area contributed by atoms with E-state index in [1.807, 2.05) is 54.6 Å². The van der Waals surface area contributed by atoms with Crippen LogP contribution in [0.15, 0.2) is 54.6 Å². The van der Waals surface area contributed by atoms with Crippen molar-refractivity contribution in [3.05, 3.63) is 54.6 Å². The number of ether oxygens (including phenoxy) is 1. The van der Waals surface area contributed by atoms with Gasteiger partial charge in [0.05, 0.1) is 19.3 Å². The van der Waals surface area contributed by atoms with Crippen LogP contribution in [0.5, 0.6) is 0 Å². The summed E-state index contributed by atoms with van der Waals surface area (Å²) in [7, 11) is 1.36. The molecule has 0 heterocycles. The van der Waals surface area contributed by atoms with Crippen LogP contribution in [0.2, 0.25) is 0 Å². The van der Waals surface area contributed by atoms with Crippen molar-refractivity contribution in [3.63, 3.8) is 0 Å². The second-order valence-electron chi connectivity index (χ2n) is 4.87. The molecule has 0 bridgehead atoms. The summed E-state index contributed by atoms with van der Waals surface area (Å²) in [6.07, 6.45) is 0.320. The van der Waals surface area contributed by atoms with Crippen LogP contribution < -0.4 is 5.32 Å². The normalized spacial score (nSPS) is 10.1. The zero-order chi connectivity index (χ0) is 16.5. The van der Waals surface area contributed by atoms with Gasteiger partial charge in [-0.05, 0) is 23.3 Å². The molecule has 4 nitrogen and oxygen atoms in total. The number of methoxy groups -OCH3 is 1. The van der Waals surface area contributed by atoms with Gasteiger partial charge in [-0.15, -0.1) is 0 Å². The lowest BCUT2D eigenvalue weighted by Crippen LogP contribution is -2.14. The Labute approximate surface area is 140 Å². The molecule has 0 aliphatic rings. The van der Waals surface area contributed by atoms with Crippen molar-refractivity contribution in [2.45, 2.75) is 6.42 Å². The van der Waals surface area contributed by atoms with Gasteiger partial charge in [-0.3, -0.25) is 9.59 Å². The molecule has 0 atom stereocenters. The SMILES string of the molecule is COC(=O)CCSCC(=O)Nc1ccc(-c2ccccc2)cc1. The Morgan fingerprint density at radius 3 is 2.30 bits per heavy atom. The molecule has 0 aliphatic carbocycles. The number of hydrogen-bond donors (Lipinski definition) is 1. The second kappa shape index (κ2) is 9.00. The highest BCUT2D eigenvalue weighted by Crippen LogP contribution is 2.21. The molecule has 1 amide bonds. The molecule has 120 valence electrons. The van der Waals surface area contributed by atoms with E-state index in [4.69, 9.17) is 0 Å². The smallest absolute Gasteiger partial charge is 0.306 e. The molecule has 1 N–H and O–H groups in total. The minimum Gasteiger partial charge on any atom is -0.469 e. The molecule has 0 unspecified atom stereocenters. The van der Waals surface area contributed by atoms with Gasteiger partial charge in [-0.25, -0.2) is 0 Å². The molecule has 0 saturated carbocycles. The first-order valence-corrected chi connectivity index (χ1v) is 8.44. The number of thioether (sulfide) groups is 1. The third kappa shape index (κ3) is 5.79. The van der Waals surface area contributed by atoms with Crippen LogP contribution in [0.4, 0.5) is 5.69 Å². The van der Waals surface area contributed by atoms with Crippen molar-refractivity contribution in [3.8, 4) is 11.1 Å². The predicted octanol–water partition coefficient (Wildman–Crippen LogP) is 3.59. The van der Waals surface area contributed by atoms with E-state index in [2.05, 4.69) is 10.1 Å². The van der Waals surface area contributed by atoms with Crippen LogP contribution in [0, 0.1) is 0 Å². The molecular formula is C18H19NO3S. The second-order valence-corrected chi connectivity index (χ2v) is 5.98. The molecule has 0 radical (unpaired) electrons. The number of amides is 1. The average molecular weight is 329 g/mol. The van der Waals surface area contributed by atoms with E-state index in [1.54, 1.807) is 0 Å². The molecule has 0 spiro atoms. The van der Waals surface area contributed by atoms with E-state index >= 15 is 0 Å². The largest absolute Gasteiger partial charge is 0.469 e. The molecule has 0 aromatic heterocycles. The summed E-state index contributed by atoms with van der Waals surface area (Å²) in [4.78, 5) is 22.8. The third-order valence-corrected chi connectivity index (χ3v) is 4.15. The molecule has 2 aromatic rings. The molecule has 0 saturated heterocycles. The van der Waals surface area contributed by atoms with E-state index in [1.165, 1.54) is 18.9 Å². The van der Waals surface area contributed by atoms with Crippen LogP contribution in [0.3, 0.4) is 0 Å². The van der Waals surface area contributed by atoms with Gasteiger partial charge in [0.1, 0.15) is 0 Å². The lowest BCUT2D eigenvalue weighted by molar-refractivity contribution is -0.140. The Bertz CT molecular complexity index is 641. The van der Waals surface area contributed by atoms with Crippen molar-refractivity contribution in [2.24, 2.45) is 0 Å². The summed E-state index contributed by atoms with van der Waals surface area (Å²) in [5.74, 6) is 0.562. The van der Waals surface area contributed by atoms with E-state index in [0.717, 1.165) is 16.8 Å². The topological polar surface area (TPSA) is 55.4 Å². The van der Waals surface area contributed by atoms with Gasteiger partial charge in [-0.1, -0.05) is 42.5 Å². The fraction of sp³-hybridized carbons (Fsp3) is 0.222. The number of nitrogens with one attached hydrogen (secondary N) is 1. The van der Waals surface area contributed by atoms with E-state index in [0.29, 0.717) is 17.9 Å². The number of hydrogen-bond acceptors (Lipinski definition) is 4. The number of benzene rings is 2. The van der Waals surface area contributed by atoms with E-state index in [-0.39, 0.29) is 11.9 Å². The van der Waals surface area contributed by atoms with Gasteiger partial charge in [0.25, 0.3) is 0 Å². The first-order valence-electron chi connectivity index (χ1n) is 7.29. The number of carbonyl (C=O) groups is 2. The number of anilines is 1. The van der Waals surface area contributed by atoms with Gasteiger partial charge < -0.3 is 10.1 Å². The number of carbonyl (C=O) groups excluding carboxylic acids is 2. The molecule has 0 aliphatic heterocycles. The summed E-state index contributed by atoms with van der Waals surface area (Å²) in [5, 5.41) is 2.85. The average Bonchev–Trinajstić information content (AvgIpc) is 2.60. The van der Waals surface area contributed by atoms with Gasteiger partial charge in [0.2, 0.25) is 5.91 Å². The first-order chi connectivity index (χ1) is 11.2. The van der Waals surface area contributed by atoms with Gasteiger partial charge in [0.15, 0.2) is 0 Å². The highest BCUT2D eigenvalue weighted by molar-refractivity contribution is 7.99. The Kier molecular flexibility index (Phi) is 6.69. The fourth-order valence-electron chi connectivity index (χ4n) is 2.00. The van der Waals surface area contributed by atoms with Crippen molar-refractivity contribution in [1.82, 2.24) is 0 Å². The highest BCUT2D eigenvalue weighted by Gasteiger charge is 2.05. The molecule has 0 fully saturated rings. The van der Waals surface area contributed by atoms with Crippen LogP contribution in [-0.4, -0.2) is 30.5 Å². The van der Waals surface area contributed by atoms with E-state index in [9.17, 15) is 9.59 Å². The molecule has 5 heteroatoms. The van der Waals surface area contributed by atoms with Crippen molar-refractivity contribution >= 4 is 29.3 Å². The zero-order valence-corrected chi connectivity index (χ0v) is 13.8. The summed E-state index contributed by atoms with van der Waals surface area (Å²) < 4.78 is 4.55. The maximum Gasteiger partial charge on any atom is 0.306 e. The standard InChI is InChI=1S/C18H19NO3S/c1-22-18(21)11-12-23-13-17(20)19-16-9-7-15(8-10-16)14-5-3-2-4-6-14/h2-10H,11-13H2,1H3,(H,19,20). The Morgan fingerprint density at radius 1 is 1.00 bits per heavy atom. The number of rotatable bonds is 7. The van der Waals surface area contributed by atoms with Crippen molar-refractivity contribution in [1.29, 1.82) is 0 Å². The minimum atomic E-state index is -0.255. The number of esters is 1.